The molecule has 2 N–H and O–H groups in total. The van der Waals surface area contributed by atoms with E-state index in [-0.39, 0.29) is 0 Å². The van der Waals surface area contributed by atoms with Crippen LogP contribution in [-0.2, 0) is 10.5 Å². The molecular weight excluding hydrogens is 270 g/mol. The normalized spacial score (nSPS) is 13.9. The van der Waals surface area contributed by atoms with Crippen LogP contribution >= 0.6 is 11.8 Å². The van der Waals surface area contributed by atoms with Crippen molar-refractivity contribution in [2.45, 2.75) is 44.4 Å². The van der Waals surface area contributed by atoms with Gasteiger partial charge < -0.3 is 10.4 Å². The molecule has 0 amide bonds. The van der Waals surface area contributed by atoms with Gasteiger partial charge in [0.25, 0.3) is 0 Å². The Kier molecular flexibility index (Phi) is 7.70. The first-order valence-corrected chi connectivity index (χ1v) is 8.34. The van der Waals surface area contributed by atoms with Crippen LogP contribution in [0.3, 0.4) is 0 Å². The zero-order valence-corrected chi connectivity index (χ0v) is 13.2. The summed E-state index contributed by atoms with van der Waals surface area (Å²) < 4.78 is 0. The summed E-state index contributed by atoms with van der Waals surface area (Å²) in [5, 5.41) is 12.3. The molecule has 0 fully saturated rings. The molecular formula is C16H25NO2S. The molecule has 1 aromatic rings. The third-order valence-corrected chi connectivity index (χ3v) is 4.48. The molecule has 0 bridgehead atoms. The molecule has 0 aliphatic carbocycles. The van der Waals surface area contributed by atoms with Crippen LogP contribution < -0.4 is 5.32 Å². The predicted octanol–water partition coefficient (Wildman–Crippen LogP) is 3.54. The van der Waals surface area contributed by atoms with Gasteiger partial charge in [0.1, 0.15) is 5.54 Å². The molecule has 0 spiro atoms. The van der Waals surface area contributed by atoms with E-state index < -0.39 is 11.5 Å². The maximum absolute atomic E-state index is 11.2. The van der Waals surface area contributed by atoms with Gasteiger partial charge in [0.05, 0.1) is 0 Å². The van der Waals surface area contributed by atoms with E-state index in [2.05, 4.69) is 29.6 Å². The quantitative estimate of drug-likeness (QED) is 0.648. The van der Waals surface area contributed by atoms with E-state index >= 15 is 0 Å². The van der Waals surface area contributed by atoms with Gasteiger partial charge >= 0.3 is 5.97 Å². The third-order valence-electron chi connectivity index (χ3n) is 3.37. The highest BCUT2D eigenvalue weighted by Gasteiger charge is 2.30. The number of carboxylic acid groups (broad SMARTS) is 1. The Morgan fingerprint density at radius 3 is 2.60 bits per heavy atom. The van der Waals surface area contributed by atoms with Crippen molar-refractivity contribution >= 4 is 17.7 Å². The molecule has 0 aliphatic rings. The minimum absolute atomic E-state index is 0.683. The number of rotatable bonds is 10. The SMILES string of the molecule is CCNC(C)(CCCCSCc1ccccc1)C(=O)O. The fourth-order valence-electron chi connectivity index (χ4n) is 2.11. The van der Waals surface area contributed by atoms with Gasteiger partial charge in [-0.3, -0.25) is 4.79 Å². The number of thioether (sulfide) groups is 1. The minimum Gasteiger partial charge on any atom is -0.480 e. The van der Waals surface area contributed by atoms with Gasteiger partial charge in [-0.05, 0) is 37.6 Å². The molecule has 0 aliphatic heterocycles. The maximum atomic E-state index is 11.2. The number of hydrogen-bond donors (Lipinski definition) is 2. The Balaban J connectivity index is 2.16. The van der Waals surface area contributed by atoms with Crippen LogP contribution in [0.2, 0.25) is 0 Å². The molecule has 112 valence electrons. The van der Waals surface area contributed by atoms with Crippen molar-refractivity contribution in [3.63, 3.8) is 0 Å². The molecule has 0 aromatic heterocycles. The predicted molar refractivity (Wildman–Crippen MR) is 86.2 cm³/mol. The molecule has 0 saturated heterocycles. The second-order valence-corrected chi connectivity index (χ2v) is 6.27. The van der Waals surface area contributed by atoms with Crippen LogP contribution in [0.25, 0.3) is 0 Å². The zero-order chi connectivity index (χ0) is 14.8. The molecule has 1 aromatic carbocycles. The van der Waals surface area contributed by atoms with E-state index in [9.17, 15) is 9.90 Å². The van der Waals surface area contributed by atoms with E-state index in [0.717, 1.165) is 24.3 Å². The topological polar surface area (TPSA) is 49.3 Å². The van der Waals surface area contributed by atoms with Crippen LogP contribution in [0.4, 0.5) is 0 Å². The Morgan fingerprint density at radius 2 is 2.00 bits per heavy atom. The highest BCUT2D eigenvalue weighted by molar-refractivity contribution is 7.98. The van der Waals surface area contributed by atoms with Gasteiger partial charge in [0.2, 0.25) is 0 Å². The minimum atomic E-state index is -0.779. The Bertz CT molecular complexity index is 397. The Morgan fingerprint density at radius 1 is 1.30 bits per heavy atom. The van der Waals surface area contributed by atoms with E-state index in [1.807, 2.05) is 24.8 Å². The summed E-state index contributed by atoms with van der Waals surface area (Å²) in [6.45, 7) is 4.40. The van der Waals surface area contributed by atoms with E-state index in [0.29, 0.717) is 13.0 Å². The van der Waals surface area contributed by atoms with Crippen molar-refractivity contribution in [1.29, 1.82) is 0 Å². The summed E-state index contributed by atoms with van der Waals surface area (Å²) in [5.41, 5.74) is 0.569. The van der Waals surface area contributed by atoms with Crippen LogP contribution in [0.5, 0.6) is 0 Å². The molecule has 0 saturated carbocycles. The number of nitrogens with one attached hydrogen (secondary N) is 1. The highest BCUT2D eigenvalue weighted by atomic mass is 32.2. The number of likely N-dealkylation sites (N-methyl/N-ethyl adjacent to an activating group) is 1. The summed E-state index contributed by atoms with van der Waals surface area (Å²) >= 11 is 1.91. The van der Waals surface area contributed by atoms with Crippen LogP contribution in [-0.4, -0.2) is 28.9 Å². The van der Waals surface area contributed by atoms with Gasteiger partial charge in [-0.15, -0.1) is 0 Å². The van der Waals surface area contributed by atoms with Crippen molar-refractivity contribution < 1.29 is 9.90 Å². The summed E-state index contributed by atoms with van der Waals surface area (Å²) in [6.07, 6.45) is 2.69. The second-order valence-electron chi connectivity index (χ2n) is 5.16. The standard InChI is InChI=1S/C16H25NO2S/c1-3-17-16(2,15(18)19)11-7-8-12-20-13-14-9-5-4-6-10-14/h4-6,9-10,17H,3,7-8,11-13H2,1-2H3,(H,18,19). The number of carboxylic acids is 1. The Hall–Kier alpha value is -1.00. The number of benzene rings is 1. The lowest BCUT2D eigenvalue weighted by Gasteiger charge is -2.25. The van der Waals surface area contributed by atoms with E-state index in [4.69, 9.17) is 0 Å². The lowest BCUT2D eigenvalue weighted by molar-refractivity contribution is -0.144. The number of unbranched alkanes of at least 4 members (excludes halogenated alkanes) is 1. The monoisotopic (exact) mass is 295 g/mol. The first kappa shape index (κ1) is 17.1. The lowest BCUT2D eigenvalue weighted by atomic mass is 9.95. The first-order chi connectivity index (χ1) is 9.58. The average molecular weight is 295 g/mol. The average Bonchev–Trinajstić information content (AvgIpc) is 2.44. The fraction of sp³-hybridized carbons (Fsp3) is 0.562. The molecule has 1 atom stereocenters. The fourth-order valence-corrected chi connectivity index (χ4v) is 3.09. The molecule has 0 heterocycles. The summed E-state index contributed by atoms with van der Waals surface area (Å²) in [7, 11) is 0. The summed E-state index contributed by atoms with van der Waals surface area (Å²) in [5.74, 6) is 1.36. The third kappa shape index (κ3) is 5.97. The smallest absolute Gasteiger partial charge is 0.323 e. The Labute approximate surface area is 126 Å². The molecule has 4 heteroatoms. The second kappa shape index (κ2) is 9.03. The van der Waals surface area contributed by atoms with Crippen molar-refractivity contribution in [2.24, 2.45) is 0 Å². The van der Waals surface area contributed by atoms with E-state index in [1.54, 1.807) is 6.92 Å². The molecule has 3 nitrogen and oxygen atoms in total. The van der Waals surface area contributed by atoms with Gasteiger partial charge in [-0.1, -0.05) is 43.7 Å². The summed E-state index contributed by atoms with van der Waals surface area (Å²) in [4.78, 5) is 11.2. The van der Waals surface area contributed by atoms with Crippen molar-refractivity contribution in [3.05, 3.63) is 35.9 Å². The van der Waals surface area contributed by atoms with Gasteiger partial charge in [-0.2, -0.15) is 11.8 Å². The number of carbonyl (C=O) groups is 1. The first-order valence-electron chi connectivity index (χ1n) is 7.18. The molecule has 20 heavy (non-hydrogen) atoms. The summed E-state index contributed by atoms with van der Waals surface area (Å²) in [6, 6.07) is 10.4. The highest BCUT2D eigenvalue weighted by Crippen LogP contribution is 2.18. The molecule has 0 radical (unpaired) electrons. The van der Waals surface area contributed by atoms with Crippen LogP contribution in [0.1, 0.15) is 38.7 Å². The van der Waals surface area contributed by atoms with E-state index in [1.165, 1.54) is 5.56 Å². The maximum Gasteiger partial charge on any atom is 0.323 e. The van der Waals surface area contributed by atoms with Gasteiger partial charge in [0.15, 0.2) is 0 Å². The van der Waals surface area contributed by atoms with Crippen molar-refractivity contribution in [2.75, 3.05) is 12.3 Å². The largest absolute Gasteiger partial charge is 0.480 e. The van der Waals surface area contributed by atoms with Gasteiger partial charge in [0, 0.05) is 5.75 Å². The van der Waals surface area contributed by atoms with Crippen LogP contribution in [0.15, 0.2) is 30.3 Å². The van der Waals surface area contributed by atoms with Crippen LogP contribution in [0, 0.1) is 0 Å². The van der Waals surface area contributed by atoms with Gasteiger partial charge in [-0.25, -0.2) is 0 Å². The molecule has 1 unspecified atom stereocenters. The number of hydrogen-bond acceptors (Lipinski definition) is 3. The van der Waals surface area contributed by atoms with Crippen molar-refractivity contribution in [3.8, 4) is 0 Å². The zero-order valence-electron chi connectivity index (χ0n) is 12.4. The lowest BCUT2D eigenvalue weighted by Crippen LogP contribution is -2.49. The van der Waals surface area contributed by atoms with Crippen molar-refractivity contribution in [1.82, 2.24) is 5.32 Å². The molecule has 1 rings (SSSR count). The number of aliphatic carboxylic acids is 1.